The minimum Gasteiger partial charge on any atom is -0.493 e. The summed E-state index contributed by atoms with van der Waals surface area (Å²) in [5.74, 6) is -1.57. The number of benzene rings is 2. The third kappa shape index (κ3) is 4.33. The molecule has 150 valence electrons. The molecule has 0 aliphatic heterocycles. The number of anilines is 1. The summed E-state index contributed by atoms with van der Waals surface area (Å²) in [5, 5.41) is 2.61. The van der Waals surface area contributed by atoms with Crippen molar-refractivity contribution in [3.63, 3.8) is 0 Å². The highest BCUT2D eigenvalue weighted by Crippen LogP contribution is 2.39. The first-order chi connectivity index (χ1) is 13.3. The molecule has 28 heavy (non-hydrogen) atoms. The Morgan fingerprint density at radius 1 is 1.14 bits per heavy atom. The van der Waals surface area contributed by atoms with Crippen LogP contribution in [0.15, 0.2) is 36.0 Å². The topological polar surface area (TPSA) is 116 Å². The molecule has 0 heterocycles. The van der Waals surface area contributed by atoms with Gasteiger partial charge in [-0.2, -0.15) is 0 Å². The van der Waals surface area contributed by atoms with Gasteiger partial charge in [0.25, 0.3) is 5.91 Å². The molecular formula is C20H24F2N4O2. The smallest absolute Gasteiger partial charge is 0.269 e. The van der Waals surface area contributed by atoms with Crippen LogP contribution >= 0.6 is 0 Å². The molecule has 0 atom stereocenters. The van der Waals surface area contributed by atoms with E-state index >= 15 is 0 Å². The van der Waals surface area contributed by atoms with E-state index in [0.29, 0.717) is 6.54 Å². The number of nitrogens with two attached hydrogens (primary N) is 3. The fourth-order valence-corrected chi connectivity index (χ4v) is 2.68. The van der Waals surface area contributed by atoms with Crippen LogP contribution in [-0.2, 0) is 4.79 Å². The van der Waals surface area contributed by atoms with Gasteiger partial charge in [0.15, 0.2) is 0 Å². The molecule has 2 aromatic rings. The van der Waals surface area contributed by atoms with Gasteiger partial charge in [-0.1, -0.05) is 6.92 Å². The molecule has 0 unspecified atom stereocenters. The second-order valence-electron chi connectivity index (χ2n) is 6.04. The van der Waals surface area contributed by atoms with Gasteiger partial charge in [0.05, 0.1) is 18.0 Å². The Labute approximate surface area is 162 Å². The summed E-state index contributed by atoms with van der Waals surface area (Å²) in [6, 6.07) is 6.19. The normalized spacial score (nSPS) is 11.7. The van der Waals surface area contributed by atoms with Crippen molar-refractivity contribution in [1.29, 1.82) is 0 Å². The van der Waals surface area contributed by atoms with E-state index in [1.807, 2.05) is 6.92 Å². The average Bonchev–Trinajstić information content (AvgIpc) is 2.67. The van der Waals surface area contributed by atoms with Crippen LogP contribution in [0.3, 0.4) is 0 Å². The number of ether oxygens (including phenoxy) is 1. The molecule has 1 amide bonds. The van der Waals surface area contributed by atoms with Gasteiger partial charge >= 0.3 is 0 Å². The lowest BCUT2D eigenvalue weighted by Crippen LogP contribution is -2.31. The van der Waals surface area contributed by atoms with E-state index in [-0.39, 0.29) is 46.1 Å². The third-order valence-corrected chi connectivity index (χ3v) is 4.07. The lowest BCUT2D eigenvalue weighted by Gasteiger charge is -2.17. The number of carbonyl (C=O) groups excluding carboxylic acids is 1. The Bertz CT molecular complexity index is 913. The maximum absolute atomic E-state index is 14.6. The molecule has 0 saturated heterocycles. The monoisotopic (exact) mass is 390 g/mol. The van der Waals surface area contributed by atoms with Crippen molar-refractivity contribution >= 4 is 17.3 Å². The van der Waals surface area contributed by atoms with E-state index in [0.717, 1.165) is 18.6 Å². The summed E-state index contributed by atoms with van der Waals surface area (Å²) >= 11 is 0. The third-order valence-electron chi connectivity index (χ3n) is 4.07. The van der Waals surface area contributed by atoms with Gasteiger partial charge in [0, 0.05) is 29.3 Å². The lowest BCUT2D eigenvalue weighted by atomic mass is 9.96. The zero-order valence-electron chi connectivity index (χ0n) is 15.8. The van der Waals surface area contributed by atoms with Crippen molar-refractivity contribution in [3.8, 4) is 16.9 Å². The number of rotatable bonds is 7. The molecule has 0 aliphatic carbocycles. The fraction of sp³-hybridized carbons (Fsp3) is 0.250. The van der Waals surface area contributed by atoms with Crippen molar-refractivity contribution < 1.29 is 18.3 Å². The Hall–Kier alpha value is -3.29. The predicted octanol–water partition coefficient (Wildman–Crippen LogP) is 2.72. The standard InChI is InChI=1S/C20H24F2N4O2/c1-3-9-26-20(27)19(25)18(24)13-7-8-14(22)16(17(13)23)12-6-5-11(21)10-15(12)28-4-2/h5-8,10H,3-4,9,23-25H2,1-2H3,(H,26,27)/b19-18+. The van der Waals surface area contributed by atoms with Gasteiger partial charge in [-0.25, -0.2) is 8.78 Å². The molecule has 2 aromatic carbocycles. The number of nitrogen functional groups attached to an aromatic ring is 1. The van der Waals surface area contributed by atoms with Crippen LogP contribution in [0.25, 0.3) is 16.8 Å². The molecule has 0 saturated carbocycles. The van der Waals surface area contributed by atoms with Crippen molar-refractivity contribution in [3.05, 3.63) is 53.2 Å². The Kier molecular flexibility index (Phi) is 6.81. The fourth-order valence-electron chi connectivity index (χ4n) is 2.68. The van der Waals surface area contributed by atoms with Crippen LogP contribution < -0.4 is 27.3 Å². The molecule has 0 bridgehead atoms. The molecule has 7 N–H and O–H groups in total. The van der Waals surface area contributed by atoms with Crippen LogP contribution in [-0.4, -0.2) is 19.1 Å². The molecular weight excluding hydrogens is 366 g/mol. The van der Waals surface area contributed by atoms with Crippen molar-refractivity contribution in [2.45, 2.75) is 20.3 Å². The first-order valence-electron chi connectivity index (χ1n) is 8.86. The van der Waals surface area contributed by atoms with Gasteiger partial charge in [-0.3, -0.25) is 4.79 Å². The highest BCUT2D eigenvalue weighted by molar-refractivity contribution is 6.01. The number of hydrogen-bond donors (Lipinski definition) is 4. The highest BCUT2D eigenvalue weighted by Gasteiger charge is 2.20. The number of halogens is 2. The van der Waals surface area contributed by atoms with E-state index in [9.17, 15) is 13.6 Å². The summed E-state index contributed by atoms with van der Waals surface area (Å²) in [6.45, 7) is 4.31. The van der Waals surface area contributed by atoms with E-state index < -0.39 is 17.5 Å². The minimum absolute atomic E-state index is 0.00864. The molecule has 2 rings (SSSR count). The number of carbonyl (C=O) groups is 1. The van der Waals surface area contributed by atoms with Crippen LogP contribution in [0.4, 0.5) is 14.5 Å². The zero-order valence-corrected chi connectivity index (χ0v) is 15.8. The molecule has 0 spiro atoms. The maximum atomic E-state index is 14.6. The lowest BCUT2D eigenvalue weighted by molar-refractivity contribution is -0.117. The number of nitrogens with one attached hydrogen (secondary N) is 1. The van der Waals surface area contributed by atoms with Crippen LogP contribution in [0.5, 0.6) is 5.75 Å². The molecule has 0 fully saturated rings. The highest BCUT2D eigenvalue weighted by atomic mass is 19.1. The van der Waals surface area contributed by atoms with E-state index in [4.69, 9.17) is 21.9 Å². The van der Waals surface area contributed by atoms with E-state index in [1.165, 1.54) is 18.2 Å². The predicted molar refractivity (Wildman–Crippen MR) is 106 cm³/mol. The summed E-state index contributed by atoms with van der Waals surface area (Å²) in [7, 11) is 0. The molecule has 0 aliphatic rings. The molecule has 8 heteroatoms. The van der Waals surface area contributed by atoms with Crippen LogP contribution in [0, 0.1) is 11.6 Å². The summed E-state index contributed by atoms with van der Waals surface area (Å²) in [4.78, 5) is 12.1. The first-order valence-corrected chi connectivity index (χ1v) is 8.86. The molecule has 0 aromatic heterocycles. The quantitative estimate of drug-likeness (QED) is 0.428. The molecule has 6 nitrogen and oxygen atoms in total. The van der Waals surface area contributed by atoms with Crippen LogP contribution in [0.1, 0.15) is 25.8 Å². The minimum atomic E-state index is -0.643. The Morgan fingerprint density at radius 3 is 2.50 bits per heavy atom. The molecule has 0 radical (unpaired) electrons. The second-order valence-corrected chi connectivity index (χ2v) is 6.04. The van der Waals surface area contributed by atoms with Gasteiger partial charge < -0.3 is 27.3 Å². The van der Waals surface area contributed by atoms with Gasteiger partial charge in [-0.05, 0) is 37.6 Å². The van der Waals surface area contributed by atoms with Gasteiger partial charge in [-0.15, -0.1) is 0 Å². The second kappa shape index (κ2) is 9.07. The SMILES string of the molecule is CCCNC(=O)/C(N)=C(\N)c1ccc(F)c(-c2ccc(F)cc2OCC)c1N. The Morgan fingerprint density at radius 2 is 1.86 bits per heavy atom. The van der Waals surface area contributed by atoms with E-state index in [2.05, 4.69) is 5.32 Å². The zero-order chi connectivity index (χ0) is 20.8. The van der Waals surface area contributed by atoms with Crippen LogP contribution in [0.2, 0.25) is 0 Å². The van der Waals surface area contributed by atoms with Crippen molar-refractivity contribution in [1.82, 2.24) is 5.32 Å². The van der Waals surface area contributed by atoms with Gasteiger partial charge in [0.1, 0.15) is 23.1 Å². The summed E-state index contributed by atoms with van der Waals surface area (Å²) in [5.41, 5.74) is 18.2. The maximum Gasteiger partial charge on any atom is 0.269 e. The summed E-state index contributed by atoms with van der Waals surface area (Å²) in [6.07, 6.45) is 0.729. The largest absolute Gasteiger partial charge is 0.493 e. The van der Waals surface area contributed by atoms with Crippen molar-refractivity contribution in [2.24, 2.45) is 11.5 Å². The number of amides is 1. The van der Waals surface area contributed by atoms with Crippen molar-refractivity contribution in [2.75, 3.05) is 18.9 Å². The first kappa shape index (κ1) is 21.0. The van der Waals surface area contributed by atoms with Gasteiger partial charge in [0.2, 0.25) is 0 Å². The Balaban J connectivity index is 2.61. The number of hydrogen-bond acceptors (Lipinski definition) is 5. The van der Waals surface area contributed by atoms with E-state index in [1.54, 1.807) is 6.92 Å². The summed E-state index contributed by atoms with van der Waals surface area (Å²) < 4.78 is 33.6. The average molecular weight is 390 g/mol.